The molecule has 1 amide bonds. The number of amides is 1. The van der Waals surface area contributed by atoms with Gasteiger partial charge >= 0.3 is 0 Å². The van der Waals surface area contributed by atoms with Crippen LogP contribution in [-0.2, 0) is 0 Å². The highest BCUT2D eigenvalue weighted by molar-refractivity contribution is 6.08. The van der Waals surface area contributed by atoms with E-state index in [4.69, 9.17) is 4.74 Å². The lowest BCUT2D eigenvalue weighted by molar-refractivity contribution is 0.0941. The second kappa shape index (κ2) is 7.52. The van der Waals surface area contributed by atoms with Crippen molar-refractivity contribution in [3.8, 4) is 11.4 Å². The number of carbonyl (C=O) groups excluding carboxylic acids is 1. The summed E-state index contributed by atoms with van der Waals surface area (Å²) in [5, 5.41) is 8.99. The number of hydrogen-bond donors (Lipinski definition) is 1. The zero-order valence-electron chi connectivity index (χ0n) is 15.7. The van der Waals surface area contributed by atoms with Crippen molar-refractivity contribution in [3.05, 3.63) is 84.4 Å². The Labute approximate surface area is 162 Å². The molecule has 0 aliphatic carbocycles. The van der Waals surface area contributed by atoms with Crippen molar-refractivity contribution in [1.82, 2.24) is 20.1 Å². The van der Waals surface area contributed by atoms with E-state index in [0.717, 1.165) is 27.8 Å². The molecule has 1 heterocycles. The fraction of sp³-hybridized carbons (Fsp3) is 0.136. The van der Waals surface area contributed by atoms with Crippen LogP contribution in [0.3, 0.4) is 0 Å². The van der Waals surface area contributed by atoms with Crippen LogP contribution in [0.5, 0.6) is 5.75 Å². The Hall–Kier alpha value is -3.67. The van der Waals surface area contributed by atoms with E-state index in [9.17, 15) is 4.79 Å². The monoisotopic (exact) mass is 372 g/mol. The van der Waals surface area contributed by atoms with E-state index in [1.165, 1.54) is 6.33 Å². The molecule has 0 fully saturated rings. The fourth-order valence-corrected chi connectivity index (χ4v) is 3.26. The number of fused-ring (bicyclic) bond motifs is 1. The summed E-state index contributed by atoms with van der Waals surface area (Å²) in [6.45, 7) is 1.97. The number of hydrogen-bond acceptors (Lipinski definition) is 4. The molecule has 4 aromatic rings. The quantitative estimate of drug-likeness (QED) is 0.576. The molecule has 1 atom stereocenters. The van der Waals surface area contributed by atoms with Crippen molar-refractivity contribution < 1.29 is 9.53 Å². The van der Waals surface area contributed by atoms with Crippen LogP contribution in [0.1, 0.15) is 28.9 Å². The Bertz CT molecular complexity index is 1110. The molecule has 1 unspecified atom stereocenters. The average Bonchev–Trinajstić information content (AvgIpc) is 3.28. The predicted octanol–water partition coefficient (Wildman–Crippen LogP) is 3.92. The van der Waals surface area contributed by atoms with E-state index in [-0.39, 0.29) is 11.9 Å². The number of ether oxygens (including phenoxy) is 1. The minimum Gasteiger partial charge on any atom is -0.496 e. The van der Waals surface area contributed by atoms with Gasteiger partial charge in [-0.05, 0) is 42.1 Å². The molecule has 3 aromatic carbocycles. The zero-order chi connectivity index (χ0) is 19.5. The molecule has 6 nitrogen and oxygen atoms in total. The molecule has 140 valence electrons. The van der Waals surface area contributed by atoms with Crippen LogP contribution < -0.4 is 10.1 Å². The maximum atomic E-state index is 12.9. The van der Waals surface area contributed by atoms with Gasteiger partial charge in [0.15, 0.2) is 0 Å². The highest BCUT2D eigenvalue weighted by atomic mass is 16.5. The van der Waals surface area contributed by atoms with Crippen LogP contribution in [-0.4, -0.2) is 27.8 Å². The third-order valence-corrected chi connectivity index (χ3v) is 4.77. The Morgan fingerprint density at radius 3 is 2.46 bits per heavy atom. The molecule has 28 heavy (non-hydrogen) atoms. The van der Waals surface area contributed by atoms with Gasteiger partial charge in [0.25, 0.3) is 5.91 Å². The standard InChI is InChI=1S/C22H20N4O2/c1-15(16-7-9-17(10-8-16)26-14-23-13-24-26)25-22(27)20-11-12-21(28-2)19-6-4-3-5-18(19)20/h3-15H,1-2H3,(H,25,27). The van der Waals surface area contributed by atoms with Gasteiger partial charge in [0, 0.05) is 10.9 Å². The third-order valence-electron chi connectivity index (χ3n) is 4.77. The lowest BCUT2D eigenvalue weighted by Crippen LogP contribution is -2.26. The Kier molecular flexibility index (Phi) is 4.76. The van der Waals surface area contributed by atoms with Gasteiger partial charge in [0.05, 0.1) is 18.8 Å². The summed E-state index contributed by atoms with van der Waals surface area (Å²) in [5.41, 5.74) is 2.55. The largest absolute Gasteiger partial charge is 0.496 e. The van der Waals surface area contributed by atoms with E-state index >= 15 is 0 Å². The van der Waals surface area contributed by atoms with Crippen LogP contribution in [0.4, 0.5) is 0 Å². The van der Waals surface area contributed by atoms with Crippen LogP contribution >= 0.6 is 0 Å². The number of rotatable bonds is 5. The molecule has 4 rings (SSSR count). The van der Waals surface area contributed by atoms with E-state index < -0.39 is 0 Å². The third kappa shape index (κ3) is 3.32. The van der Waals surface area contributed by atoms with Crippen molar-refractivity contribution in [2.75, 3.05) is 7.11 Å². The molecule has 0 saturated carbocycles. The number of methoxy groups -OCH3 is 1. The summed E-state index contributed by atoms with van der Waals surface area (Å²) in [7, 11) is 1.63. The first-order valence-electron chi connectivity index (χ1n) is 8.99. The minimum atomic E-state index is -0.141. The zero-order valence-corrected chi connectivity index (χ0v) is 15.7. The van der Waals surface area contributed by atoms with Crippen molar-refractivity contribution in [3.63, 3.8) is 0 Å². The SMILES string of the molecule is COc1ccc(C(=O)NC(C)c2ccc(-n3cncn3)cc2)c2ccccc12. The molecule has 0 aliphatic rings. The first kappa shape index (κ1) is 17.7. The van der Waals surface area contributed by atoms with Crippen LogP contribution in [0.25, 0.3) is 16.5 Å². The molecule has 1 N–H and O–H groups in total. The van der Waals surface area contributed by atoms with Gasteiger partial charge in [-0.2, -0.15) is 5.10 Å². The average molecular weight is 372 g/mol. The van der Waals surface area contributed by atoms with E-state index in [0.29, 0.717) is 5.56 Å². The number of nitrogens with zero attached hydrogens (tertiary/aromatic N) is 3. The molecule has 0 radical (unpaired) electrons. The predicted molar refractivity (Wildman–Crippen MR) is 108 cm³/mol. The van der Waals surface area contributed by atoms with Crippen molar-refractivity contribution in [2.45, 2.75) is 13.0 Å². The maximum Gasteiger partial charge on any atom is 0.252 e. The van der Waals surface area contributed by atoms with E-state index in [1.54, 1.807) is 24.2 Å². The van der Waals surface area contributed by atoms with Gasteiger partial charge < -0.3 is 10.1 Å². The number of nitrogens with one attached hydrogen (secondary N) is 1. The van der Waals surface area contributed by atoms with Crippen molar-refractivity contribution in [2.24, 2.45) is 0 Å². The van der Waals surface area contributed by atoms with Gasteiger partial charge in [-0.1, -0.05) is 36.4 Å². The second-order valence-electron chi connectivity index (χ2n) is 6.49. The Balaban J connectivity index is 1.56. The lowest BCUT2D eigenvalue weighted by Gasteiger charge is -2.16. The Morgan fingerprint density at radius 1 is 1.04 bits per heavy atom. The van der Waals surface area contributed by atoms with Crippen molar-refractivity contribution >= 4 is 16.7 Å². The lowest BCUT2D eigenvalue weighted by atomic mass is 10.0. The summed E-state index contributed by atoms with van der Waals surface area (Å²) in [6.07, 6.45) is 3.14. The summed E-state index contributed by atoms with van der Waals surface area (Å²) in [4.78, 5) is 16.9. The summed E-state index contributed by atoms with van der Waals surface area (Å²) in [5.74, 6) is 0.635. The summed E-state index contributed by atoms with van der Waals surface area (Å²) in [6, 6.07) is 19.1. The molecule has 0 saturated heterocycles. The molecule has 0 aliphatic heterocycles. The first-order valence-corrected chi connectivity index (χ1v) is 8.99. The van der Waals surface area contributed by atoms with E-state index in [2.05, 4.69) is 15.4 Å². The van der Waals surface area contributed by atoms with Crippen LogP contribution in [0.15, 0.2) is 73.3 Å². The molecular weight excluding hydrogens is 352 g/mol. The van der Waals surface area contributed by atoms with Crippen LogP contribution in [0, 0.1) is 0 Å². The van der Waals surface area contributed by atoms with Crippen LogP contribution in [0.2, 0.25) is 0 Å². The molecule has 0 spiro atoms. The summed E-state index contributed by atoms with van der Waals surface area (Å²) < 4.78 is 7.10. The smallest absolute Gasteiger partial charge is 0.252 e. The second-order valence-corrected chi connectivity index (χ2v) is 6.49. The van der Waals surface area contributed by atoms with Gasteiger partial charge in [-0.25, -0.2) is 9.67 Å². The number of benzene rings is 3. The minimum absolute atomic E-state index is 0.119. The molecule has 0 bridgehead atoms. The highest BCUT2D eigenvalue weighted by Crippen LogP contribution is 2.28. The number of aromatic nitrogens is 3. The molecule has 1 aromatic heterocycles. The van der Waals surface area contributed by atoms with E-state index in [1.807, 2.05) is 61.5 Å². The maximum absolute atomic E-state index is 12.9. The molecule has 6 heteroatoms. The fourth-order valence-electron chi connectivity index (χ4n) is 3.26. The van der Waals surface area contributed by atoms with Crippen molar-refractivity contribution in [1.29, 1.82) is 0 Å². The normalized spacial score (nSPS) is 11.9. The molecular formula is C22H20N4O2. The van der Waals surface area contributed by atoms with Gasteiger partial charge in [-0.15, -0.1) is 0 Å². The topological polar surface area (TPSA) is 69.0 Å². The number of carbonyl (C=O) groups is 1. The highest BCUT2D eigenvalue weighted by Gasteiger charge is 2.15. The Morgan fingerprint density at radius 2 is 1.79 bits per heavy atom. The van der Waals surface area contributed by atoms with Gasteiger partial charge in [-0.3, -0.25) is 4.79 Å². The van der Waals surface area contributed by atoms with Gasteiger partial charge in [0.2, 0.25) is 0 Å². The first-order chi connectivity index (χ1) is 13.7. The van der Waals surface area contributed by atoms with Gasteiger partial charge in [0.1, 0.15) is 18.4 Å². The summed E-state index contributed by atoms with van der Waals surface area (Å²) >= 11 is 0.